The molecule has 1 N–H and O–H groups in total. The van der Waals surface area contributed by atoms with E-state index < -0.39 is 13.9 Å². The van der Waals surface area contributed by atoms with Crippen molar-refractivity contribution in [2.75, 3.05) is 54.1 Å². The predicted octanol–water partition coefficient (Wildman–Crippen LogP) is 16.4. The second-order valence-electron chi connectivity index (χ2n) is 18.5. The van der Waals surface area contributed by atoms with Crippen molar-refractivity contribution in [1.29, 1.82) is 0 Å². The lowest BCUT2D eigenvalue weighted by Gasteiger charge is -2.24. The summed E-state index contributed by atoms with van der Waals surface area (Å²) in [5, 5.41) is 0. The number of carbonyl (C=O) groups is 1. The zero-order chi connectivity index (χ0) is 47.6. The second-order valence-corrected chi connectivity index (χ2v) is 20.0. The summed E-state index contributed by atoms with van der Waals surface area (Å²) in [5.74, 6) is -0.329. The lowest BCUT2D eigenvalue weighted by molar-refractivity contribution is -0.870. The van der Waals surface area contributed by atoms with Crippen LogP contribution in [0, 0.1) is 0 Å². The van der Waals surface area contributed by atoms with E-state index in [2.05, 4.69) is 98.9 Å². The normalized spacial score (nSPS) is 14.2. The SMILES string of the molecule is CC/C=C\C/C=C\C/C=C\C/C=C\CCCCCCCCCCCCCOCC(COP(=O)(O)OCC[N+](C)(C)C)OC(=O)CCCCCCCC/C=C\C/C=C\C/C=C\CCCCC. The van der Waals surface area contributed by atoms with Crippen molar-refractivity contribution in [3.8, 4) is 0 Å². The van der Waals surface area contributed by atoms with E-state index in [1.807, 2.05) is 21.1 Å². The van der Waals surface area contributed by atoms with Gasteiger partial charge in [0.25, 0.3) is 0 Å². The van der Waals surface area contributed by atoms with Gasteiger partial charge >= 0.3 is 13.8 Å². The molecule has 8 nitrogen and oxygen atoms in total. The van der Waals surface area contributed by atoms with E-state index >= 15 is 0 Å². The van der Waals surface area contributed by atoms with Gasteiger partial charge in [0.2, 0.25) is 0 Å². The number of ether oxygens (including phenoxy) is 2. The zero-order valence-electron chi connectivity index (χ0n) is 42.7. The number of phosphoric ester groups is 1. The highest BCUT2D eigenvalue weighted by atomic mass is 31.2. The van der Waals surface area contributed by atoms with Crippen LogP contribution in [0.4, 0.5) is 0 Å². The van der Waals surface area contributed by atoms with E-state index in [1.54, 1.807) is 0 Å². The summed E-state index contributed by atoms with van der Waals surface area (Å²) < 4.78 is 35.2. The second kappa shape index (κ2) is 48.1. The Hall–Kier alpha value is -2.32. The molecule has 0 aromatic carbocycles. The van der Waals surface area contributed by atoms with Crippen LogP contribution in [0.25, 0.3) is 0 Å². The van der Waals surface area contributed by atoms with Gasteiger partial charge in [-0.05, 0) is 89.9 Å². The third kappa shape index (κ3) is 52.5. The zero-order valence-corrected chi connectivity index (χ0v) is 43.6. The van der Waals surface area contributed by atoms with Gasteiger partial charge in [0, 0.05) is 13.0 Å². The van der Waals surface area contributed by atoms with Gasteiger partial charge in [-0.3, -0.25) is 13.8 Å². The quantitative estimate of drug-likeness (QED) is 0.0214. The third-order valence-corrected chi connectivity index (χ3v) is 11.9. The molecule has 2 atom stereocenters. The number of likely N-dealkylation sites (N-methyl/N-ethyl adjacent to an activating group) is 1. The average Bonchev–Trinajstić information content (AvgIpc) is 3.27. The van der Waals surface area contributed by atoms with E-state index in [0.29, 0.717) is 24.1 Å². The molecule has 0 rings (SSSR count). The molecule has 0 radical (unpaired) electrons. The Kier molecular flexibility index (Phi) is 46.4. The molecule has 0 aliphatic carbocycles. The van der Waals surface area contributed by atoms with Crippen molar-refractivity contribution < 1.29 is 37.3 Å². The van der Waals surface area contributed by atoms with Crippen molar-refractivity contribution >= 4 is 13.8 Å². The number of rotatable bonds is 48. The average molecular weight is 931 g/mol. The van der Waals surface area contributed by atoms with E-state index in [0.717, 1.165) is 83.5 Å². The fourth-order valence-electron chi connectivity index (χ4n) is 6.90. The third-order valence-electron chi connectivity index (χ3n) is 10.9. The predicted molar refractivity (Wildman–Crippen MR) is 279 cm³/mol. The molecular weight excluding hydrogens is 830 g/mol. The Balaban J connectivity index is 4.16. The van der Waals surface area contributed by atoms with Crippen LogP contribution < -0.4 is 0 Å². The van der Waals surface area contributed by atoms with Gasteiger partial charge in [-0.15, -0.1) is 0 Å². The minimum Gasteiger partial charge on any atom is -0.457 e. The number of quaternary nitrogens is 1. The maximum absolute atomic E-state index is 12.8. The highest BCUT2D eigenvalue weighted by Crippen LogP contribution is 2.43. The van der Waals surface area contributed by atoms with Crippen LogP contribution in [-0.2, 0) is 27.9 Å². The van der Waals surface area contributed by atoms with E-state index in [4.69, 9.17) is 18.5 Å². The van der Waals surface area contributed by atoms with Gasteiger partial charge in [0.15, 0.2) is 0 Å². The number of phosphoric acid groups is 1. The monoisotopic (exact) mass is 931 g/mol. The molecule has 0 aromatic rings. The number of allylic oxidation sites excluding steroid dienone is 14. The molecule has 0 amide bonds. The lowest BCUT2D eigenvalue weighted by atomic mass is 10.1. The van der Waals surface area contributed by atoms with Gasteiger partial charge in [-0.2, -0.15) is 0 Å². The molecule has 376 valence electrons. The van der Waals surface area contributed by atoms with E-state index in [9.17, 15) is 14.3 Å². The Morgan fingerprint density at radius 2 is 0.892 bits per heavy atom. The first-order valence-corrected chi connectivity index (χ1v) is 27.8. The molecular formula is C56H101NO7P+. The molecule has 9 heteroatoms. The molecule has 0 spiro atoms. The van der Waals surface area contributed by atoms with Gasteiger partial charge in [0.05, 0.1) is 34.4 Å². The highest BCUT2D eigenvalue weighted by Gasteiger charge is 2.26. The van der Waals surface area contributed by atoms with Crippen LogP contribution in [-0.4, -0.2) is 75.6 Å². The Bertz CT molecular complexity index is 1310. The number of hydrogen-bond acceptors (Lipinski definition) is 6. The van der Waals surface area contributed by atoms with Gasteiger partial charge in [-0.1, -0.05) is 195 Å². The molecule has 0 heterocycles. The summed E-state index contributed by atoms with van der Waals surface area (Å²) in [5.41, 5.74) is 0. The number of carbonyl (C=O) groups excluding carboxylic acids is 1. The van der Waals surface area contributed by atoms with Crippen molar-refractivity contribution in [2.24, 2.45) is 0 Å². The van der Waals surface area contributed by atoms with Crippen LogP contribution in [0.3, 0.4) is 0 Å². The van der Waals surface area contributed by atoms with Gasteiger partial charge in [-0.25, -0.2) is 4.57 Å². The minimum atomic E-state index is -4.29. The van der Waals surface area contributed by atoms with E-state index in [-0.39, 0.29) is 25.8 Å². The van der Waals surface area contributed by atoms with Crippen molar-refractivity contribution in [3.05, 3.63) is 85.1 Å². The summed E-state index contributed by atoms with van der Waals surface area (Å²) >= 11 is 0. The van der Waals surface area contributed by atoms with E-state index in [1.165, 1.54) is 103 Å². The summed E-state index contributed by atoms with van der Waals surface area (Å²) in [6.45, 7) is 5.46. The smallest absolute Gasteiger partial charge is 0.457 e. The molecule has 65 heavy (non-hydrogen) atoms. The van der Waals surface area contributed by atoms with Gasteiger partial charge in [0.1, 0.15) is 19.3 Å². The molecule has 0 bridgehead atoms. The first-order valence-electron chi connectivity index (χ1n) is 26.3. The standard InChI is InChI=1S/C56H100NO7P/c1-6-8-10-12-14-16-18-20-22-24-26-27-28-29-30-32-34-36-38-40-42-44-46-48-51-61-53-55(54-63-65(59,60)62-52-50-57(3,4)5)64-56(58)49-47-45-43-41-39-37-35-33-31-25-23-21-19-17-15-13-11-9-7-2/h8,10,14-17,20-23,26-27,31,33,55H,6-7,9,11-13,18-19,24-25,28-30,32,34-54H2,1-5H3/p+1/b10-8-,16-14-,17-15-,22-20-,23-21-,27-26-,33-31-. The van der Waals surface area contributed by atoms with Crippen LogP contribution in [0.1, 0.15) is 206 Å². The number of unbranched alkanes of at least 4 members (excludes halogenated alkanes) is 20. The molecule has 0 saturated heterocycles. The molecule has 0 aliphatic rings. The van der Waals surface area contributed by atoms with Crippen LogP contribution >= 0.6 is 7.82 Å². The first-order chi connectivity index (χ1) is 31.6. The maximum Gasteiger partial charge on any atom is 0.472 e. The largest absolute Gasteiger partial charge is 0.472 e. The number of esters is 1. The fraction of sp³-hybridized carbons (Fsp3) is 0.732. The number of hydrogen-bond donors (Lipinski definition) is 1. The lowest BCUT2D eigenvalue weighted by Crippen LogP contribution is -2.37. The topological polar surface area (TPSA) is 91.3 Å². The summed E-state index contributed by atoms with van der Waals surface area (Å²) in [6.07, 6.45) is 64.8. The molecule has 0 saturated carbocycles. The number of nitrogens with zero attached hydrogens (tertiary/aromatic N) is 1. The van der Waals surface area contributed by atoms with Gasteiger partial charge < -0.3 is 18.9 Å². The minimum absolute atomic E-state index is 0.0812. The van der Waals surface area contributed by atoms with Crippen LogP contribution in [0.2, 0.25) is 0 Å². The summed E-state index contributed by atoms with van der Waals surface area (Å²) in [4.78, 5) is 23.0. The Labute approximate surface area is 401 Å². The first kappa shape index (κ1) is 62.7. The summed E-state index contributed by atoms with van der Waals surface area (Å²) in [7, 11) is 1.65. The van der Waals surface area contributed by atoms with Crippen molar-refractivity contribution in [2.45, 2.75) is 213 Å². The molecule has 2 unspecified atom stereocenters. The Morgan fingerprint density at radius 3 is 1.34 bits per heavy atom. The summed E-state index contributed by atoms with van der Waals surface area (Å²) in [6, 6.07) is 0. The Morgan fingerprint density at radius 1 is 0.492 bits per heavy atom. The molecule has 0 aromatic heterocycles. The van der Waals surface area contributed by atoms with Crippen LogP contribution in [0.15, 0.2) is 85.1 Å². The molecule has 0 fully saturated rings. The van der Waals surface area contributed by atoms with Crippen molar-refractivity contribution in [3.63, 3.8) is 0 Å². The highest BCUT2D eigenvalue weighted by molar-refractivity contribution is 7.47. The molecule has 0 aliphatic heterocycles. The van der Waals surface area contributed by atoms with Crippen molar-refractivity contribution in [1.82, 2.24) is 0 Å². The maximum atomic E-state index is 12.8. The van der Waals surface area contributed by atoms with Crippen LogP contribution in [0.5, 0.6) is 0 Å². The fourth-order valence-corrected chi connectivity index (χ4v) is 7.65.